The van der Waals surface area contributed by atoms with Gasteiger partial charge in [-0.05, 0) is 19.1 Å². The monoisotopic (exact) mass is 316 g/mol. The van der Waals surface area contributed by atoms with Gasteiger partial charge in [-0.15, -0.1) is 5.10 Å². The van der Waals surface area contributed by atoms with Crippen LogP contribution in [0.25, 0.3) is 6.08 Å². The number of nitro benzene ring substituents is 1. The summed E-state index contributed by atoms with van der Waals surface area (Å²) >= 11 is 0. The number of anilines is 2. The molecule has 9 heteroatoms. The Morgan fingerprint density at radius 2 is 1.96 bits per heavy atom. The average molecular weight is 316 g/mol. The van der Waals surface area contributed by atoms with Gasteiger partial charge in [0, 0.05) is 43.6 Å². The second kappa shape index (κ2) is 6.69. The molecule has 0 aliphatic carbocycles. The van der Waals surface area contributed by atoms with Crippen molar-refractivity contribution < 1.29 is 9.72 Å². The minimum Gasteiger partial charge on any atom is -0.330 e. The fraction of sp³-hybridized carbons (Fsp3) is 0.214. The number of aryl methyl sites for hydroxylation is 1. The molecule has 2 rings (SSSR count). The van der Waals surface area contributed by atoms with Crippen LogP contribution in [0.1, 0.15) is 19.7 Å². The van der Waals surface area contributed by atoms with E-state index in [-0.39, 0.29) is 11.6 Å². The summed E-state index contributed by atoms with van der Waals surface area (Å²) in [7, 11) is 1.72. The maximum Gasteiger partial charge on any atom is 0.269 e. The average Bonchev–Trinajstić information content (AvgIpc) is 2.78. The van der Waals surface area contributed by atoms with Gasteiger partial charge in [-0.2, -0.15) is 4.98 Å². The second-order valence-corrected chi connectivity index (χ2v) is 4.85. The summed E-state index contributed by atoms with van der Waals surface area (Å²) in [5.41, 5.74) is 1.30. The predicted octanol–water partition coefficient (Wildman–Crippen LogP) is 1.96. The van der Waals surface area contributed by atoms with E-state index in [0.717, 1.165) is 0 Å². The third-order valence-electron chi connectivity index (χ3n) is 2.85. The molecule has 9 nitrogen and oxygen atoms in total. The van der Waals surface area contributed by atoms with Gasteiger partial charge in [0.05, 0.1) is 4.92 Å². The SMILES string of the molecule is CC(=O)N/C(C)=C/c1nc(Nc2ccc([N+](=O)[O-])cc2)nn1C. The summed E-state index contributed by atoms with van der Waals surface area (Å²) < 4.78 is 1.55. The van der Waals surface area contributed by atoms with E-state index in [9.17, 15) is 14.9 Å². The highest BCUT2D eigenvalue weighted by Crippen LogP contribution is 2.18. The molecule has 23 heavy (non-hydrogen) atoms. The minimum atomic E-state index is -0.462. The van der Waals surface area contributed by atoms with Gasteiger partial charge in [0.2, 0.25) is 11.9 Å². The number of nitrogens with zero attached hydrogens (tertiary/aromatic N) is 4. The molecule has 1 amide bonds. The lowest BCUT2D eigenvalue weighted by Crippen LogP contribution is -2.17. The summed E-state index contributed by atoms with van der Waals surface area (Å²) in [6.07, 6.45) is 1.69. The van der Waals surface area contributed by atoms with Gasteiger partial charge in [-0.1, -0.05) is 0 Å². The smallest absolute Gasteiger partial charge is 0.269 e. The first-order valence-corrected chi connectivity index (χ1v) is 6.73. The van der Waals surface area contributed by atoms with E-state index in [2.05, 4.69) is 20.7 Å². The number of non-ortho nitro benzene ring substituents is 1. The lowest BCUT2D eigenvalue weighted by molar-refractivity contribution is -0.384. The van der Waals surface area contributed by atoms with Crippen LogP contribution >= 0.6 is 0 Å². The van der Waals surface area contributed by atoms with Crippen LogP contribution in [0.3, 0.4) is 0 Å². The molecule has 1 heterocycles. The van der Waals surface area contributed by atoms with E-state index in [4.69, 9.17) is 0 Å². The van der Waals surface area contributed by atoms with Crippen molar-refractivity contribution in [3.63, 3.8) is 0 Å². The molecule has 0 fully saturated rings. The number of nitrogens with one attached hydrogen (secondary N) is 2. The number of aromatic nitrogens is 3. The van der Waals surface area contributed by atoms with E-state index in [0.29, 0.717) is 23.2 Å². The highest BCUT2D eigenvalue weighted by atomic mass is 16.6. The zero-order valence-electron chi connectivity index (χ0n) is 12.9. The van der Waals surface area contributed by atoms with E-state index in [1.54, 1.807) is 36.9 Å². The second-order valence-electron chi connectivity index (χ2n) is 4.85. The van der Waals surface area contributed by atoms with Crippen molar-refractivity contribution in [1.29, 1.82) is 0 Å². The van der Waals surface area contributed by atoms with Crippen molar-refractivity contribution in [2.45, 2.75) is 13.8 Å². The van der Waals surface area contributed by atoms with E-state index >= 15 is 0 Å². The predicted molar refractivity (Wildman–Crippen MR) is 84.8 cm³/mol. The van der Waals surface area contributed by atoms with Crippen LogP contribution in [-0.4, -0.2) is 25.6 Å². The molecule has 0 aliphatic heterocycles. The number of carbonyl (C=O) groups is 1. The van der Waals surface area contributed by atoms with Gasteiger partial charge in [-0.3, -0.25) is 14.9 Å². The van der Waals surface area contributed by atoms with Crippen molar-refractivity contribution in [3.05, 3.63) is 45.9 Å². The number of rotatable bonds is 5. The topological polar surface area (TPSA) is 115 Å². The van der Waals surface area contributed by atoms with E-state index in [1.165, 1.54) is 19.1 Å². The Morgan fingerprint density at radius 3 is 2.52 bits per heavy atom. The zero-order valence-corrected chi connectivity index (χ0v) is 12.9. The molecule has 0 aliphatic rings. The number of carbonyl (C=O) groups excluding carboxylic acids is 1. The van der Waals surface area contributed by atoms with Crippen LogP contribution in [0.4, 0.5) is 17.3 Å². The maximum atomic E-state index is 11.0. The van der Waals surface area contributed by atoms with Crippen molar-refractivity contribution in [3.8, 4) is 0 Å². The molecule has 0 atom stereocenters. The highest BCUT2D eigenvalue weighted by Gasteiger charge is 2.08. The first-order valence-electron chi connectivity index (χ1n) is 6.73. The van der Waals surface area contributed by atoms with Crippen LogP contribution in [0.15, 0.2) is 30.0 Å². The lowest BCUT2D eigenvalue weighted by Gasteiger charge is -2.00. The standard InChI is InChI=1S/C14H16N6O3/c1-9(15-10(2)21)8-13-17-14(18-19(13)3)16-11-4-6-12(7-5-11)20(22)23/h4-8H,1-3H3,(H,15,21)(H,16,18)/b9-8+. The van der Waals surface area contributed by atoms with Crippen molar-refractivity contribution >= 4 is 29.3 Å². The molecule has 1 aromatic carbocycles. The van der Waals surface area contributed by atoms with Crippen LogP contribution in [-0.2, 0) is 11.8 Å². The van der Waals surface area contributed by atoms with Crippen LogP contribution in [0, 0.1) is 10.1 Å². The lowest BCUT2D eigenvalue weighted by atomic mass is 10.3. The van der Waals surface area contributed by atoms with E-state index in [1.807, 2.05) is 0 Å². The first-order chi connectivity index (χ1) is 10.8. The number of amides is 1. The molecule has 0 unspecified atom stereocenters. The molecule has 2 aromatic rings. The van der Waals surface area contributed by atoms with Gasteiger partial charge in [0.25, 0.3) is 5.69 Å². The minimum absolute atomic E-state index is 0.0130. The van der Waals surface area contributed by atoms with Crippen LogP contribution in [0.2, 0.25) is 0 Å². The van der Waals surface area contributed by atoms with Crippen molar-refractivity contribution in [2.24, 2.45) is 7.05 Å². The van der Waals surface area contributed by atoms with Gasteiger partial charge in [0.15, 0.2) is 5.82 Å². The summed E-state index contributed by atoms with van der Waals surface area (Å²) in [4.78, 5) is 25.4. The largest absolute Gasteiger partial charge is 0.330 e. The third kappa shape index (κ3) is 4.37. The molecule has 0 bridgehead atoms. The number of hydrogen-bond acceptors (Lipinski definition) is 6. The molecule has 120 valence electrons. The van der Waals surface area contributed by atoms with Gasteiger partial charge < -0.3 is 10.6 Å². The first kappa shape index (κ1) is 16.1. The fourth-order valence-electron chi connectivity index (χ4n) is 1.88. The Bertz CT molecular complexity index is 763. The summed E-state index contributed by atoms with van der Waals surface area (Å²) in [6, 6.07) is 5.94. The fourth-order valence-corrected chi connectivity index (χ4v) is 1.88. The van der Waals surface area contributed by atoms with Gasteiger partial charge >= 0.3 is 0 Å². The molecule has 0 radical (unpaired) electrons. The Labute approximate surface area is 132 Å². The van der Waals surface area contributed by atoms with Crippen LogP contribution in [0.5, 0.6) is 0 Å². The molecular weight excluding hydrogens is 300 g/mol. The normalized spacial score (nSPS) is 11.2. The third-order valence-corrected chi connectivity index (χ3v) is 2.85. The van der Waals surface area contributed by atoms with Crippen molar-refractivity contribution in [1.82, 2.24) is 20.1 Å². The summed E-state index contributed by atoms with van der Waals surface area (Å²) in [5.74, 6) is 0.744. The molecule has 0 saturated carbocycles. The number of hydrogen-bond donors (Lipinski definition) is 2. The molecule has 1 aromatic heterocycles. The number of benzene rings is 1. The van der Waals surface area contributed by atoms with E-state index < -0.39 is 4.92 Å². The Morgan fingerprint density at radius 1 is 1.30 bits per heavy atom. The summed E-state index contributed by atoms with van der Waals surface area (Å²) in [5, 5.41) is 20.4. The summed E-state index contributed by atoms with van der Waals surface area (Å²) in [6.45, 7) is 3.18. The number of nitro groups is 1. The Kier molecular flexibility index (Phi) is 4.69. The zero-order chi connectivity index (χ0) is 17.0. The Hall–Kier alpha value is -3.23. The van der Waals surface area contributed by atoms with Crippen molar-refractivity contribution in [2.75, 3.05) is 5.32 Å². The maximum absolute atomic E-state index is 11.0. The van der Waals surface area contributed by atoms with Gasteiger partial charge in [0.1, 0.15) is 0 Å². The van der Waals surface area contributed by atoms with Crippen LogP contribution < -0.4 is 10.6 Å². The Balaban J connectivity index is 2.14. The molecule has 2 N–H and O–H groups in total. The molecule has 0 saturated heterocycles. The molecular formula is C14H16N6O3. The quantitative estimate of drug-likeness (QED) is 0.643. The highest BCUT2D eigenvalue weighted by molar-refractivity contribution is 5.76. The van der Waals surface area contributed by atoms with Gasteiger partial charge in [-0.25, -0.2) is 4.68 Å². The number of allylic oxidation sites excluding steroid dienone is 1. The molecule has 0 spiro atoms.